The zero-order valence-electron chi connectivity index (χ0n) is 14.6. The molecular formula is C16H19F3N4O3. The molecular weight excluding hydrogens is 353 g/mol. The number of likely N-dealkylation sites (tertiary alicyclic amines) is 1. The lowest BCUT2D eigenvalue weighted by Gasteiger charge is -2.31. The monoisotopic (exact) mass is 372 g/mol. The summed E-state index contributed by atoms with van der Waals surface area (Å²) in [7, 11) is 1.05. The summed E-state index contributed by atoms with van der Waals surface area (Å²) in [5.41, 5.74) is -0.321. The Hall–Kier alpha value is -2.52. The first-order valence-corrected chi connectivity index (χ1v) is 8.18. The summed E-state index contributed by atoms with van der Waals surface area (Å²) in [4.78, 5) is 26.3. The Morgan fingerprint density at radius 3 is 2.35 bits per heavy atom. The third kappa shape index (κ3) is 3.15. The zero-order chi connectivity index (χ0) is 19.2. The molecule has 0 atom stereocenters. The van der Waals surface area contributed by atoms with E-state index in [1.165, 1.54) is 0 Å². The van der Waals surface area contributed by atoms with E-state index in [-0.39, 0.29) is 5.91 Å². The van der Waals surface area contributed by atoms with Gasteiger partial charge in [-0.05, 0) is 32.8 Å². The molecule has 0 unspecified atom stereocenters. The summed E-state index contributed by atoms with van der Waals surface area (Å²) >= 11 is 0. The third-order valence-corrected chi connectivity index (χ3v) is 4.63. The molecule has 0 N–H and O–H groups in total. The van der Waals surface area contributed by atoms with Crippen molar-refractivity contribution in [1.82, 2.24) is 19.2 Å². The Morgan fingerprint density at radius 2 is 1.88 bits per heavy atom. The van der Waals surface area contributed by atoms with Crippen molar-refractivity contribution in [3.8, 4) is 0 Å². The number of furan rings is 1. The lowest BCUT2D eigenvalue weighted by atomic mass is 10.0. The molecule has 26 heavy (non-hydrogen) atoms. The highest BCUT2D eigenvalue weighted by molar-refractivity contribution is 5.95. The van der Waals surface area contributed by atoms with E-state index in [4.69, 9.17) is 4.42 Å². The molecule has 3 rings (SSSR count). The van der Waals surface area contributed by atoms with Crippen molar-refractivity contribution in [2.45, 2.75) is 38.9 Å². The van der Waals surface area contributed by atoms with E-state index in [1.54, 1.807) is 24.8 Å². The van der Waals surface area contributed by atoms with Crippen LogP contribution in [-0.4, -0.2) is 38.2 Å². The van der Waals surface area contributed by atoms with Crippen LogP contribution in [0.25, 0.3) is 0 Å². The summed E-state index contributed by atoms with van der Waals surface area (Å²) < 4.78 is 45.5. The minimum Gasteiger partial charge on any atom is -0.466 e. The van der Waals surface area contributed by atoms with E-state index < -0.39 is 23.7 Å². The number of halogens is 3. The summed E-state index contributed by atoms with van der Waals surface area (Å²) in [5, 5.41) is 3.47. The van der Waals surface area contributed by atoms with Gasteiger partial charge in [0, 0.05) is 20.1 Å². The number of piperidine rings is 1. The largest absolute Gasteiger partial charge is 0.466 e. The van der Waals surface area contributed by atoms with Crippen LogP contribution in [0, 0.1) is 13.8 Å². The van der Waals surface area contributed by atoms with Crippen molar-refractivity contribution < 1.29 is 22.4 Å². The fourth-order valence-electron chi connectivity index (χ4n) is 3.27. The molecule has 0 aromatic carbocycles. The second-order valence-electron chi connectivity index (χ2n) is 6.46. The van der Waals surface area contributed by atoms with Gasteiger partial charge in [-0.25, -0.2) is 9.48 Å². The zero-order valence-corrected chi connectivity index (χ0v) is 14.6. The predicted octanol–water partition coefficient (Wildman–Crippen LogP) is 2.29. The number of aromatic nitrogens is 3. The predicted molar refractivity (Wildman–Crippen MR) is 84.8 cm³/mol. The van der Waals surface area contributed by atoms with Gasteiger partial charge in [0.2, 0.25) is 5.82 Å². The standard InChI is InChI=1S/C16H19F3N4O3/c1-9-8-12(10(2)26-9)13(24)22-6-4-11(5-7-22)23-15(25)21(3)14(20-23)16(17,18)19/h8,11H,4-7H2,1-3H3. The van der Waals surface area contributed by atoms with Crippen LogP contribution in [0.3, 0.4) is 0 Å². The SMILES string of the molecule is Cc1cc(C(=O)N2CCC(n3nc(C(F)(F)F)n(C)c3=O)CC2)c(C)o1. The Bertz CT molecular complexity index is 886. The second-order valence-corrected chi connectivity index (χ2v) is 6.46. The average Bonchev–Trinajstić information content (AvgIpc) is 3.06. The molecule has 1 aliphatic heterocycles. The van der Waals surface area contributed by atoms with Gasteiger partial charge in [0.15, 0.2) is 0 Å². The van der Waals surface area contributed by atoms with Crippen LogP contribution in [0.1, 0.15) is 46.6 Å². The molecule has 2 aromatic heterocycles. The molecule has 0 aliphatic carbocycles. The van der Waals surface area contributed by atoms with Gasteiger partial charge < -0.3 is 9.32 Å². The Morgan fingerprint density at radius 1 is 1.27 bits per heavy atom. The van der Waals surface area contributed by atoms with Crippen LogP contribution < -0.4 is 5.69 Å². The summed E-state index contributed by atoms with van der Waals surface area (Å²) in [6.45, 7) is 4.12. The quantitative estimate of drug-likeness (QED) is 0.811. The van der Waals surface area contributed by atoms with E-state index in [0.717, 1.165) is 11.7 Å². The fourth-order valence-corrected chi connectivity index (χ4v) is 3.27. The molecule has 3 heterocycles. The molecule has 7 nitrogen and oxygen atoms in total. The molecule has 1 saturated heterocycles. The highest BCUT2D eigenvalue weighted by Crippen LogP contribution is 2.28. The summed E-state index contributed by atoms with van der Waals surface area (Å²) in [6, 6.07) is 1.20. The topological polar surface area (TPSA) is 73.3 Å². The Labute approximate surface area is 147 Å². The van der Waals surface area contributed by atoms with Crippen molar-refractivity contribution in [2.24, 2.45) is 7.05 Å². The van der Waals surface area contributed by atoms with Crippen LogP contribution in [0.2, 0.25) is 0 Å². The van der Waals surface area contributed by atoms with E-state index in [9.17, 15) is 22.8 Å². The van der Waals surface area contributed by atoms with Gasteiger partial charge in [0.1, 0.15) is 11.5 Å². The highest BCUT2D eigenvalue weighted by atomic mass is 19.4. The molecule has 10 heteroatoms. The highest BCUT2D eigenvalue weighted by Gasteiger charge is 2.39. The van der Waals surface area contributed by atoms with E-state index >= 15 is 0 Å². The molecule has 1 fully saturated rings. The molecule has 0 bridgehead atoms. The second kappa shape index (κ2) is 6.33. The van der Waals surface area contributed by atoms with Crippen LogP contribution in [0.15, 0.2) is 15.3 Å². The molecule has 142 valence electrons. The molecule has 0 spiro atoms. The lowest BCUT2D eigenvalue weighted by Crippen LogP contribution is -2.41. The minimum atomic E-state index is -4.69. The number of alkyl halides is 3. The molecule has 1 aliphatic rings. The fraction of sp³-hybridized carbons (Fsp3) is 0.562. The van der Waals surface area contributed by atoms with Crippen LogP contribution in [0.4, 0.5) is 13.2 Å². The summed E-state index contributed by atoms with van der Waals surface area (Å²) in [6.07, 6.45) is -3.97. The van der Waals surface area contributed by atoms with E-state index in [1.807, 2.05) is 0 Å². The van der Waals surface area contributed by atoms with E-state index in [2.05, 4.69) is 5.10 Å². The maximum Gasteiger partial charge on any atom is 0.451 e. The number of amides is 1. The molecule has 1 amide bonds. The average molecular weight is 372 g/mol. The van der Waals surface area contributed by atoms with Crippen LogP contribution >= 0.6 is 0 Å². The van der Waals surface area contributed by atoms with E-state index in [0.29, 0.717) is 47.6 Å². The molecule has 0 saturated carbocycles. The van der Waals surface area contributed by atoms with Crippen molar-refractivity contribution in [3.63, 3.8) is 0 Å². The van der Waals surface area contributed by atoms with Crippen molar-refractivity contribution >= 4 is 5.91 Å². The van der Waals surface area contributed by atoms with Gasteiger partial charge in [-0.3, -0.25) is 9.36 Å². The Kier molecular flexibility index (Phi) is 4.45. The Balaban J connectivity index is 1.74. The van der Waals surface area contributed by atoms with Gasteiger partial charge in [-0.15, -0.1) is 5.10 Å². The lowest BCUT2D eigenvalue weighted by molar-refractivity contribution is -0.147. The maximum absolute atomic E-state index is 12.9. The first kappa shape index (κ1) is 18.3. The van der Waals surface area contributed by atoms with Gasteiger partial charge in [-0.2, -0.15) is 13.2 Å². The normalized spacial score (nSPS) is 16.3. The number of hydrogen-bond donors (Lipinski definition) is 0. The molecule has 0 radical (unpaired) electrons. The maximum atomic E-state index is 12.9. The van der Waals surface area contributed by atoms with Gasteiger partial charge >= 0.3 is 11.9 Å². The smallest absolute Gasteiger partial charge is 0.451 e. The number of carbonyl (C=O) groups excluding carboxylic acids is 1. The van der Waals surface area contributed by atoms with Crippen molar-refractivity contribution in [2.75, 3.05) is 13.1 Å². The van der Waals surface area contributed by atoms with Crippen molar-refractivity contribution in [1.29, 1.82) is 0 Å². The van der Waals surface area contributed by atoms with Crippen LogP contribution in [0.5, 0.6) is 0 Å². The van der Waals surface area contributed by atoms with Gasteiger partial charge in [-0.1, -0.05) is 0 Å². The number of aryl methyl sites for hydroxylation is 2. The van der Waals surface area contributed by atoms with Gasteiger partial charge in [0.05, 0.1) is 11.6 Å². The summed E-state index contributed by atoms with van der Waals surface area (Å²) in [5.74, 6) is -0.224. The number of nitrogens with zero attached hydrogens (tertiary/aromatic N) is 4. The number of hydrogen-bond acceptors (Lipinski definition) is 4. The number of rotatable bonds is 2. The van der Waals surface area contributed by atoms with Crippen LogP contribution in [-0.2, 0) is 13.2 Å². The van der Waals surface area contributed by atoms with Crippen molar-refractivity contribution in [3.05, 3.63) is 39.5 Å². The molecule has 2 aromatic rings. The third-order valence-electron chi connectivity index (χ3n) is 4.63. The first-order chi connectivity index (χ1) is 12.1. The first-order valence-electron chi connectivity index (χ1n) is 8.18. The van der Waals surface area contributed by atoms with Gasteiger partial charge in [0.25, 0.3) is 5.91 Å². The number of carbonyl (C=O) groups is 1. The minimum absolute atomic E-state index is 0.179.